The topological polar surface area (TPSA) is 93.7 Å². The smallest absolute Gasteiger partial charge is 0.261 e. The van der Waals surface area contributed by atoms with Crippen LogP contribution in [0.2, 0.25) is 5.02 Å². The predicted molar refractivity (Wildman–Crippen MR) is 127 cm³/mol. The average molecular weight is 487 g/mol. The van der Waals surface area contributed by atoms with Crippen molar-refractivity contribution in [2.45, 2.75) is 24.8 Å². The molecule has 172 valence electrons. The van der Waals surface area contributed by atoms with E-state index in [0.29, 0.717) is 24.7 Å². The van der Waals surface area contributed by atoms with E-state index in [2.05, 4.69) is 10.0 Å². The number of carbonyl (C=O) groups is 1. The highest BCUT2D eigenvalue weighted by atomic mass is 35.5. The largest absolute Gasteiger partial charge is 0.486 e. The highest BCUT2D eigenvalue weighted by molar-refractivity contribution is 7.92. The van der Waals surface area contributed by atoms with Crippen molar-refractivity contribution in [2.75, 3.05) is 17.9 Å². The number of halogens is 1. The summed E-state index contributed by atoms with van der Waals surface area (Å²) in [6, 6.07) is 16.1. The molecule has 1 amide bonds. The Hall–Kier alpha value is -3.23. The number of rotatable bonds is 6. The Morgan fingerprint density at radius 1 is 0.970 bits per heavy atom. The molecule has 7 nitrogen and oxygen atoms in total. The summed E-state index contributed by atoms with van der Waals surface area (Å²) in [5.74, 6) is 0.939. The van der Waals surface area contributed by atoms with Gasteiger partial charge in [0.1, 0.15) is 13.2 Å². The number of hydrogen-bond donors (Lipinski definition) is 2. The fraction of sp³-hybridized carbons (Fsp3) is 0.208. The molecule has 1 aliphatic rings. The van der Waals surface area contributed by atoms with Crippen molar-refractivity contribution in [2.24, 2.45) is 0 Å². The lowest BCUT2D eigenvalue weighted by Crippen LogP contribution is -2.27. The van der Waals surface area contributed by atoms with Crippen LogP contribution in [0.4, 0.5) is 5.69 Å². The second-order valence-corrected chi connectivity index (χ2v) is 9.80. The molecule has 9 heteroatoms. The predicted octanol–water partition coefficient (Wildman–Crippen LogP) is 4.71. The van der Waals surface area contributed by atoms with Crippen molar-refractivity contribution in [3.63, 3.8) is 0 Å². The Morgan fingerprint density at radius 3 is 2.36 bits per heavy atom. The quantitative estimate of drug-likeness (QED) is 0.526. The number of aryl methyl sites for hydroxylation is 1. The van der Waals surface area contributed by atoms with Crippen molar-refractivity contribution in [3.05, 3.63) is 82.4 Å². The van der Waals surface area contributed by atoms with Crippen LogP contribution in [0.15, 0.2) is 65.6 Å². The maximum absolute atomic E-state index is 12.8. The standard InChI is InChI=1S/C24H23ClN2O5S/c1-15-3-7-19(8-4-15)33(29,30)27-18-6-9-20(21(25)14-18)24(28)26-16(2)17-5-10-22-23(13-17)32-12-11-31-22/h3-10,13-14,16,27H,11-12H2,1-2H3,(H,26,28). The molecule has 0 aliphatic carbocycles. The lowest BCUT2D eigenvalue weighted by atomic mass is 10.1. The van der Waals surface area contributed by atoms with Crippen LogP contribution in [-0.4, -0.2) is 27.5 Å². The second-order valence-electron chi connectivity index (χ2n) is 7.71. The molecule has 0 saturated heterocycles. The highest BCUT2D eigenvalue weighted by Gasteiger charge is 2.19. The maximum atomic E-state index is 12.8. The number of nitrogens with one attached hydrogen (secondary N) is 2. The van der Waals surface area contributed by atoms with Gasteiger partial charge in [-0.1, -0.05) is 35.4 Å². The first-order chi connectivity index (χ1) is 15.7. The van der Waals surface area contributed by atoms with Gasteiger partial charge >= 0.3 is 0 Å². The highest BCUT2D eigenvalue weighted by Crippen LogP contribution is 2.33. The van der Waals surface area contributed by atoms with Crippen LogP contribution in [0, 0.1) is 6.92 Å². The minimum absolute atomic E-state index is 0.131. The van der Waals surface area contributed by atoms with Crippen LogP contribution in [0.3, 0.4) is 0 Å². The molecule has 1 atom stereocenters. The fourth-order valence-electron chi connectivity index (χ4n) is 3.38. The Morgan fingerprint density at radius 2 is 1.67 bits per heavy atom. The molecule has 0 bridgehead atoms. The summed E-state index contributed by atoms with van der Waals surface area (Å²) >= 11 is 6.31. The van der Waals surface area contributed by atoms with Gasteiger partial charge < -0.3 is 14.8 Å². The lowest BCUT2D eigenvalue weighted by Gasteiger charge is -2.21. The van der Waals surface area contributed by atoms with E-state index in [1.807, 2.05) is 32.0 Å². The van der Waals surface area contributed by atoms with Crippen molar-refractivity contribution < 1.29 is 22.7 Å². The molecule has 3 aromatic rings. The fourth-order valence-corrected chi connectivity index (χ4v) is 4.70. The Bertz CT molecular complexity index is 1290. The molecule has 3 aromatic carbocycles. The number of amides is 1. The number of carbonyl (C=O) groups excluding carboxylic acids is 1. The maximum Gasteiger partial charge on any atom is 0.261 e. The van der Waals surface area contributed by atoms with Crippen LogP contribution in [0.25, 0.3) is 0 Å². The third-order valence-corrected chi connectivity index (χ3v) is 6.92. The molecular weight excluding hydrogens is 464 g/mol. The summed E-state index contributed by atoms with van der Waals surface area (Å²) in [6.07, 6.45) is 0. The van der Waals surface area contributed by atoms with E-state index in [1.54, 1.807) is 12.1 Å². The van der Waals surface area contributed by atoms with Gasteiger partial charge in [-0.15, -0.1) is 0 Å². The van der Waals surface area contributed by atoms with E-state index in [4.69, 9.17) is 21.1 Å². The van der Waals surface area contributed by atoms with Crippen LogP contribution < -0.4 is 19.5 Å². The van der Waals surface area contributed by atoms with Crippen LogP contribution in [-0.2, 0) is 10.0 Å². The summed E-state index contributed by atoms with van der Waals surface area (Å²) in [7, 11) is -3.77. The summed E-state index contributed by atoms with van der Waals surface area (Å²) in [5, 5.41) is 3.03. The SMILES string of the molecule is Cc1ccc(S(=O)(=O)Nc2ccc(C(=O)NC(C)c3ccc4c(c3)OCCO4)c(Cl)c2)cc1. The first-order valence-electron chi connectivity index (χ1n) is 10.3. The van der Waals surface area contributed by atoms with E-state index >= 15 is 0 Å². The van der Waals surface area contributed by atoms with Crippen LogP contribution in [0.1, 0.15) is 34.5 Å². The van der Waals surface area contributed by atoms with E-state index in [-0.39, 0.29) is 33.1 Å². The van der Waals surface area contributed by atoms with Crippen molar-refractivity contribution in [3.8, 4) is 11.5 Å². The van der Waals surface area contributed by atoms with E-state index < -0.39 is 10.0 Å². The monoisotopic (exact) mass is 486 g/mol. The molecule has 0 radical (unpaired) electrons. The van der Waals surface area contributed by atoms with Gasteiger partial charge in [-0.2, -0.15) is 0 Å². The van der Waals surface area contributed by atoms with E-state index in [0.717, 1.165) is 11.1 Å². The number of fused-ring (bicyclic) bond motifs is 1. The second kappa shape index (κ2) is 9.33. The van der Waals surface area contributed by atoms with Gasteiger partial charge in [0.15, 0.2) is 11.5 Å². The summed E-state index contributed by atoms with van der Waals surface area (Å²) in [4.78, 5) is 12.9. The number of ether oxygens (including phenoxy) is 2. The zero-order chi connectivity index (χ0) is 23.6. The minimum Gasteiger partial charge on any atom is -0.486 e. The third kappa shape index (κ3) is 5.23. The van der Waals surface area contributed by atoms with Gasteiger partial charge in [-0.25, -0.2) is 8.42 Å². The zero-order valence-electron chi connectivity index (χ0n) is 18.1. The molecule has 1 heterocycles. The van der Waals surface area contributed by atoms with E-state index in [1.165, 1.54) is 30.3 Å². The summed E-state index contributed by atoms with van der Waals surface area (Å²) < 4.78 is 38.8. The van der Waals surface area contributed by atoms with Crippen LogP contribution >= 0.6 is 11.6 Å². The number of anilines is 1. The molecule has 0 spiro atoms. The first-order valence-corrected chi connectivity index (χ1v) is 12.2. The zero-order valence-corrected chi connectivity index (χ0v) is 19.7. The minimum atomic E-state index is -3.77. The molecule has 2 N–H and O–H groups in total. The van der Waals surface area contributed by atoms with E-state index in [9.17, 15) is 13.2 Å². The normalized spacial score (nSPS) is 13.8. The molecule has 0 aromatic heterocycles. The van der Waals surface area contributed by atoms with Gasteiger partial charge in [-0.05, 0) is 61.9 Å². The number of hydrogen-bond acceptors (Lipinski definition) is 5. The van der Waals surface area contributed by atoms with Gasteiger partial charge in [0.25, 0.3) is 15.9 Å². The summed E-state index contributed by atoms with van der Waals surface area (Å²) in [5.41, 5.74) is 2.31. The van der Waals surface area contributed by atoms with Gasteiger partial charge in [0.05, 0.1) is 27.2 Å². The van der Waals surface area contributed by atoms with Crippen molar-refractivity contribution in [1.82, 2.24) is 5.32 Å². The number of sulfonamides is 1. The molecule has 0 saturated carbocycles. The average Bonchev–Trinajstić information content (AvgIpc) is 2.78. The molecule has 1 aliphatic heterocycles. The third-order valence-electron chi connectivity index (χ3n) is 5.21. The van der Waals surface area contributed by atoms with Gasteiger partial charge in [-0.3, -0.25) is 9.52 Å². The summed E-state index contributed by atoms with van der Waals surface area (Å²) in [6.45, 7) is 4.71. The molecule has 0 fully saturated rings. The molecule has 4 rings (SSSR count). The first kappa shape index (κ1) is 22.9. The Labute approximate surface area is 197 Å². The molecule has 33 heavy (non-hydrogen) atoms. The molecule has 1 unspecified atom stereocenters. The van der Waals surface area contributed by atoms with Crippen LogP contribution in [0.5, 0.6) is 11.5 Å². The van der Waals surface area contributed by atoms with Gasteiger partial charge in [0, 0.05) is 0 Å². The lowest BCUT2D eigenvalue weighted by molar-refractivity contribution is 0.0940. The van der Waals surface area contributed by atoms with Gasteiger partial charge in [0.2, 0.25) is 0 Å². The Balaban J connectivity index is 1.46. The molecular formula is C24H23ClN2O5S. The van der Waals surface area contributed by atoms with Crippen molar-refractivity contribution >= 4 is 33.2 Å². The van der Waals surface area contributed by atoms with Crippen molar-refractivity contribution in [1.29, 1.82) is 0 Å². The number of benzene rings is 3. The Kier molecular flexibility index (Phi) is 6.49.